The fourth-order valence-electron chi connectivity index (χ4n) is 1.71. The molecule has 21 heavy (non-hydrogen) atoms. The molecule has 1 aromatic carbocycles. The molecule has 0 radical (unpaired) electrons. The van der Waals surface area contributed by atoms with Crippen molar-refractivity contribution in [2.45, 2.75) is 20.8 Å². The van der Waals surface area contributed by atoms with Crippen LogP contribution in [0.5, 0.6) is 0 Å². The monoisotopic (exact) mass is 302 g/mol. The third-order valence-corrected chi connectivity index (χ3v) is 3.90. The number of carbonyl (C=O) groups is 2. The van der Waals surface area contributed by atoms with Crippen LogP contribution in [0.4, 0.5) is 5.69 Å². The lowest BCUT2D eigenvalue weighted by atomic mass is 10.2. The lowest BCUT2D eigenvalue weighted by molar-refractivity contribution is -0.124. The van der Waals surface area contributed by atoms with E-state index in [4.69, 9.17) is 0 Å². The molecule has 2 amide bonds. The van der Waals surface area contributed by atoms with Gasteiger partial charge in [-0.2, -0.15) is 0 Å². The van der Waals surface area contributed by atoms with Crippen molar-refractivity contribution in [3.05, 3.63) is 52.2 Å². The lowest BCUT2D eigenvalue weighted by Crippen LogP contribution is -2.47. The first kappa shape index (κ1) is 15.3. The van der Waals surface area contributed by atoms with Crippen molar-refractivity contribution in [1.82, 2.24) is 5.43 Å². The second kappa shape index (κ2) is 6.54. The van der Waals surface area contributed by atoms with Gasteiger partial charge in [0.1, 0.15) is 0 Å². The van der Waals surface area contributed by atoms with Crippen molar-refractivity contribution in [1.29, 1.82) is 0 Å². The number of para-hydroxylation sites is 1. The zero-order valence-electron chi connectivity index (χ0n) is 12.3. The van der Waals surface area contributed by atoms with Crippen LogP contribution in [0.3, 0.4) is 0 Å². The maximum absolute atomic E-state index is 12.6. The fraction of sp³-hybridized carbons (Fsp3) is 0.250. The number of aryl methyl sites for hydroxylation is 1. The van der Waals surface area contributed by atoms with Crippen molar-refractivity contribution < 1.29 is 9.59 Å². The van der Waals surface area contributed by atoms with Crippen LogP contribution in [-0.2, 0) is 4.79 Å². The number of thiophene rings is 1. The van der Waals surface area contributed by atoms with E-state index in [1.165, 1.54) is 16.3 Å². The maximum atomic E-state index is 12.6. The van der Waals surface area contributed by atoms with Gasteiger partial charge in [-0.15, -0.1) is 11.3 Å². The van der Waals surface area contributed by atoms with E-state index < -0.39 is 0 Å². The Labute approximate surface area is 128 Å². The van der Waals surface area contributed by atoms with Crippen LogP contribution in [0.2, 0.25) is 0 Å². The summed E-state index contributed by atoms with van der Waals surface area (Å²) >= 11 is 1.41. The van der Waals surface area contributed by atoms with Gasteiger partial charge in [0.05, 0.1) is 10.6 Å². The van der Waals surface area contributed by atoms with Crippen molar-refractivity contribution in [2.24, 2.45) is 5.92 Å². The number of hydrogen-bond acceptors (Lipinski definition) is 3. The maximum Gasteiger partial charge on any atom is 0.287 e. The van der Waals surface area contributed by atoms with Crippen molar-refractivity contribution in [2.75, 3.05) is 5.01 Å². The highest BCUT2D eigenvalue weighted by Crippen LogP contribution is 2.20. The Morgan fingerprint density at radius 1 is 1.10 bits per heavy atom. The van der Waals surface area contributed by atoms with E-state index in [-0.39, 0.29) is 17.7 Å². The van der Waals surface area contributed by atoms with Gasteiger partial charge in [-0.3, -0.25) is 15.0 Å². The minimum atomic E-state index is -0.228. The lowest BCUT2D eigenvalue weighted by Gasteiger charge is -2.23. The first-order valence-electron chi connectivity index (χ1n) is 6.75. The van der Waals surface area contributed by atoms with Crippen LogP contribution in [0, 0.1) is 12.8 Å². The van der Waals surface area contributed by atoms with Gasteiger partial charge in [0.25, 0.3) is 5.91 Å². The average molecular weight is 302 g/mol. The largest absolute Gasteiger partial charge is 0.287 e. The number of nitrogens with zero attached hydrogens (tertiary/aromatic N) is 1. The number of benzene rings is 1. The standard InChI is InChI=1S/C16H18N2O2S/c1-11(2)15(19)17-18(13-7-5-4-6-8-13)16(20)14-10-9-12(3)21-14/h4-11H,1-3H3,(H,17,19). The normalized spacial score (nSPS) is 10.5. The predicted molar refractivity (Wildman–Crippen MR) is 85.3 cm³/mol. The minimum Gasteiger partial charge on any atom is -0.273 e. The van der Waals surface area contributed by atoms with Gasteiger partial charge >= 0.3 is 0 Å². The third-order valence-electron chi connectivity index (χ3n) is 2.92. The first-order valence-corrected chi connectivity index (χ1v) is 7.57. The Hall–Kier alpha value is -2.14. The number of hydrogen-bond donors (Lipinski definition) is 1. The molecule has 0 fully saturated rings. The molecule has 110 valence electrons. The average Bonchev–Trinajstić information content (AvgIpc) is 2.91. The van der Waals surface area contributed by atoms with Gasteiger partial charge in [0.15, 0.2) is 0 Å². The summed E-state index contributed by atoms with van der Waals surface area (Å²) < 4.78 is 0. The van der Waals surface area contributed by atoms with E-state index in [9.17, 15) is 9.59 Å². The van der Waals surface area contributed by atoms with Crippen molar-refractivity contribution >= 4 is 28.8 Å². The van der Waals surface area contributed by atoms with Crippen LogP contribution in [0.1, 0.15) is 28.4 Å². The molecule has 0 aliphatic carbocycles. The second-order valence-corrected chi connectivity index (χ2v) is 6.31. The molecule has 2 aromatic rings. The number of hydrazine groups is 1. The molecule has 0 unspecified atom stereocenters. The molecule has 1 N–H and O–H groups in total. The van der Waals surface area contributed by atoms with Crippen molar-refractivity contribution in [3.63, 3.8) is 0 Å². The van der Waals surface area contributed by atoms with Crippen LogP contribution in [0.25, 0.3) is 0 Å². The molecular formula is C16H18N2O2S. The van der Waals surface area contributed by atoms with Gasteiger partial charge < -0.3 is 0 Å². The summed E-state index contributed by atoms with van der Waals surface area (Å²) in [5.41, 5.74) is 3.33. The SMILES string of the molecule is Cc1ccc(C(=O)N(NC(=O)C(C)C)c2ccccc2)s1. The zero-order valence-corrected chi connectivity index (χ0v) is 13.1. The topological polar surface area (TPSA) is 49.4 Å². The highest BCUT2D eigenvalue weighted by atomic mass is 32.1. The molecule has 1 aromatic heterocycles. The molecule has 0 saturated heterocycles. The second-order valence-electron chi connectivity index (χ2n) is 5.02. The van der Waals surface area contributed by atoms with Gasteiger partial charge in [0.2, 0.25) is 5.91 Å². The fourth-order valence-corrected chi connectivity index (χ4v) is 2.51. The van der Waals surface area contributed by atoms with Gasteiger partial charge in [0, 0.05) is 10.8 Å². The quantitative estimate of drug-likeness (QED) is 0.884. The Morgan fingerprint density at radius 2 is 1.76 bits per heavy atom. The Morgan fingerprint density at radius 3 is 2.29 bits per heavy atom. The van der Waals surface area contributed by atoms with Gasteiger partial charge in [-0.1, -0.05) is 32.0 Å². The molecule has 0 saturated carbocycles. The van der Waals surface area contributed by atoms with E-state index in [0.717, 1.165) is 4.88 Å². The van der Waals surface area contributed by atoms with E-state index in [0.29, 0.717) is 10.6 Å². The molecule has 0 atom stereocenters. The van der Waals surface area contributed by atoms with Crippen molar-refractivity contribution in [3.8, 4) is 0 Å². The number of rotatable bonds is 3. The van der Waals surface area contributed by atoms with E-state index >= 15 is 0 Å². The molecule has 2 rings (SSSR count). The number of carbonyl (C=O) groups excluding carboxylic acids is 2. The number of anilines is 1. The minimum absolute atomic E-state index is 0.194. The van der Waals surface area contributed by atoms with E-state index in [2.05, 4.69) is 5.43 Å². The summed E-state index contributed by atoms with van der Waals surface area (Å²) in [5, 5.41) is 1.31. The summed E-state index contributed by atoms with van der Waals surface area (Å²) in [6.45, 7) is 5.53. The van der Waals surface area contributed by atoms with Gasteiger partial charge in [-0.25, -0.2) is 5.01 Å². The number of nitrogens with one attached hydrogen (secondary N) is 1. The molecule has 0 aliphatic heterocycles. The van der Waals surface area contributed by atoms with Crippen LogP contribution in [0.15, 0.2) is 42.5 Å². The van der Waals surface area contributed by atoms with E-state index in [1.54, 1.807) is 32.0 Å². The van der Waals surface area contributed by atoms with E-state index in [1.807, 2.05) is 31.2 Å². The summed E-state index contributed by atoms with van der Waals surface area (Å²) in [6, 6.07) is 12.8. The van der Waals surface area contributed by atoms with Crippen LogP contribution in [-0.4, -0.2) is 11.8 Å². The summed E-state index contributed by atoms with van der Waals surface area (Å²) in [7, 11) is 0. The molecule has 1 heterocycles. The summed E-state index contributed by atoms with van der Waals surface area (Å²) in [6.07, 6.45) is 0. The highest BCUT2D eigenvalue weighted by Gasteiger charge is 2.22. The molecule has 0 aliphatic rings. The molecular weight excluding hydrogens is 284 g/mol. The highest BCUT2D eigenvalue weighted by molar-refractivity contribution is 7.14. The van der Waals surface area contributed by atoms with Crippen LogP contribution < -0.4 is 10.4 Å². The molecule has 0 spiro atoms. The predicted octanol–water partition coefficient (Wildman–Crippen LogP) is 3.39. The first-order chi connectivity index (χ1) is 9.99. The van der Waals surface area contributed by atoms with Crippen LogP contribution >= 0.6 is 11.3 Å². The molecule has 0 bridgehead atoms. The zero-order chi connectivity index (χ0) is 15.4. The Bertz CT molecular complexity index is 635. The van der Waals surface area contributed by atoms with Gasteiger partial charge in [-0.05, 0) is 31.2 Å². The Balaban J connectivity index is 2.32. The summed E-state index contributed by atoms with van der Waals surface area (Å²) in [4.78, 5) is 26.3. The smallest absolute Gasteiger partial charge is 0.273 e. The Kier molecular flexibility index (Phi) is 4.75. The number of amides is 2. The molecule has 5 heteroatoms. The summed E-state index contributed by atoms with van der Waals surface area (Å²) in [5.74, 6) is -0.622. The third kappa shape index (κ3) is 3.70. The molecule has 4 nitrogen and oxygen atoms in total.